The molecule has 0 saturated carbocycles. The molecule has 2 aromatic carbocycles. The van der Waals surface area contributed by atoms with Crippen LogP contribution in [0.25, 0.3) is 0 Å². The van der Waals surface area contributed by atoms with Gasteiger partial charge in [-0.25, -0.2) is 4.57 Å². The molecular weight excluding hydrogens is 351 g/mol. The Morgan fingerprint density at radius 3 is 1.48 bits per heavy atom. The summed E-state index contributed by atoms with van der Waals surface area (Å²) in [5.41, 5.74) is 1.24. The standard InChI is InChI=1S/C16H19O8P/c17-13-3-1-11(9-15(13)19)5-7-23-25(21,22)24-8-6-12-2-4-14(18)16(20)10-12/h1-4,9-10,17-20H,5-8H2,(H,21,22). The lowest BCUT2D eigenvalue weighted by atomic mass is 10.1. The fourth-order valence-electron chi connectivity index (χ4n) is 2.04. The van der Waals surface area contributed by atoms with Crippen LogP contribution in [0.3, 0.4) is 0 Å². The molecule has 0 radical (unpaired) electrons. The summed E-state index contributed by atoms with van der Waals surface area (Å²) in [5, 5.41) is 37.1. The first kappa shape index (κ1) is 19.1. The van der Waals surface area contributed by atoms with Gasteiger partial charge in [-0.15, -0.1) is 0 Å². The molecule has 0 heterocycles. The minimum Gasteiger partial charge on any atom is -0.504 e. The molecule has 2 aromatic rings. The molecule has 25 heavy (non-hydrogen) atoms. The van der Waals surface area contributed by atoms with E-state index in [0.29, 0.717) is 11.1 Å². The highest BCUT2D eigenvalue weighted by molar-refractivity contribution is 7.47. The third-order valence-corrected chi connectivity index (χ3v) is 4.39. The first-order valence-corrected chi connectivity index (χ1v) is 8.90. The van der Waals surface area contributed by atoms with E-state index in [1.807, 2.05) is 0 Å². The largest absolute Gasteiger partial charge is 0.504 e. The number of benzene rings is 2. The monoisotopic (exact) mass is 370 g/mol. The van der Waals surface area contributed by atoms with Crippen molar-refractivity contribution in [1.82, 2.24) is 0 Å². The molecule has 8 nitrogen and oxygen atoms in total. The number of hydrogen-bond acceptors (Lipinski definition) is 7. The lowest BCUT2D eigenvalue weighted by Gasteiger charge is -2.12. The maximum Gasteiger partial charge on any atom is 0.472 e. The molecule has 136 valence electrons. The summed E-state index contributed by atoms with van der Waals surface area (Å²) in [7, 11) is -4.23. The molecule has 0 amide bonds. The van der Waals surface area contributed by atoms with E-state index >= 15 is 0 Å². The summed E-state index contributed by atoms with van der Waals surface area (Å²) in [4.78, 5) is 9.60. The highest BCUT2D eigenvalue weighted by Crippen LogP contribution is 2.43. The molecule has 2 rings (SSSR count). The number of phenolic OH excluding ortho intramolecular Hbond substituents is 4. The van der Waals surface area contributed by atoms with Crippen LogP contribution in [0.4, 0.5) is 0 Å². The Morgan fingerprint density at radius 2 is 1.12 bits per heavy atom. The number of phosphoric acid groups is 1. The number of hydrogen-bond donors (Lipinski definition) is 5. The average molecular weight is 370 g/mol. The molecule has 9 heteroatoms. The highest BCUT2D eigenvalue weighted by Gasteiger charge is 2.20. The van der Waals surface area contributed by atoms with E-state index in [2.05, 4.69) is 0 Å². The molecule has 0 spiro atoms. The van der Waals surface area contributed by atoms with Gasteiger partial charge in [-0.05, 0) is 48.2 Å². The van der Waals surface area contributed by atoms with Gasteiger partial charge in [0.25, 0.3) is 0 Å². The van der Waals surface area contributed by atoms with Crippen molar-refractivity contribution in [3.05, 3.63) is 47.5 Å². The van der Waals surface area contributed by atoms with Crippen LogP contribution in [0, 0.1) is 0 Å². The van der Waals surface area contributed by atoms with Crippen LogP contribution in [-0.4, -0.2) is 38.5 Å². The van der Waals surface area contributed by atoms with Crippen molar-refractivity contribution in [2.75, 3.05) is 13.2 Å². The summed E-state index contributed by atoms with van der Waals surface area (Å²) in [5.74, 6) is -1.06. The summed E-state index contributed by atoms with van der Waals surface area (Å²) < 4.78 is 21.4. The van der Waals surface area contributed by atoms with Crippen molar-refractivity contribution >= 4 is 7.82 Å². The van der Waals surface area contributed by atoms with Crippen LogP contribution in [-0.2, 0) is 26.5 Å². The molecular formula is C16H19O8P. The molecule has 0 aliphatic rings. The van der Waals surface area contributed by atoms with Crippen LogP contribution in [0.2, 0.25) is 0 Å². The smallest absolute Gasteiger partial charge is 0.472 e. The van der Waals surface area contributed by atoms with Crippen LogP contribution >= 0.6 is 7.82 Å². The van der Waals surface area contributed by atoms with Crippen molar-refractivity contribution in [3.63, 3.8) is 0 Å². The summed E-state index contributed by atoms with van der Waals surface area (Å²) in [6, 6.07) is 8.40. The van der Waals surface area contributed by atoms with Crippen LogP contribution in [0.15, 0.2) is 36.4 Å². The zero-order chi connectivity index (χ0) is 18.4. The Balaban J connectivity index is 1.76. The van der Waals surface area contributed by atoms with E-state index in [-0.39, 0.29) is 49.1 Å². The van der Waals surface area contributed by atoms with E-state index in [0.717, 1.165) is 0 Å². The lowest BCUT2D eigenvalue weighted by molar-refractivity contribution is 0.152. The Labute approximate surface area is 144 Å². The van der Waals surface area contributed by atoms with Crippen LogP contribution < -0.4 is 0 Å². The molecule has 0 aliphatic carbocycles. The molecule has 0 bridgehead atoms. The van der Waals surface area contributed by atoms with Crippen molar-refractivity contribution < 1.29 is 38.9 Å². The first-order valence-electron chi connectivity index (χ1n) is 7.40. The molecule has 0 fully saturated rings. The predicted octanol–water partition coefficient (Wildman–Crippen LogP) is 2.43. The Kier molecular flexibility index (Phi) is 6.27. The van der Waals surface area contributed by atoms with Gasteiger partial charge in [0, 0.05) is 0 Å². The van der Waals surface area contributed by atoms with E-state index in [9.17, 15) is 29.9 Å². The zero-order valence-electron chi connectivity index (χ0n) is 13.2. The predicted molar refractivity (Wildman–Crippen MR) is 88.7 cm³/mol. The number of aromatic hydroxyl groups is 4. The second kappa shape index (κ2) is 8.22. The quantitative estimate of drug-likeness (QED) is 0.353. The maximum atomic E-state index is 11.8. The van der Waals surface area contributed by atoms with Gasteiger partial charge < -0.3 is 25.3 Å². The molecule has 5 N–H and O–H groups in total. The van der Waals surface area contributed by atoms with E-state index in [4.69, 9.17) is 9.05 Å². The van der Waals surface area contributed by atoms with Crippen molar-refractivity contribution in [2.45, 2.75) is 12.8 Å². The normalized spacial score (nSPS) is 11.6. The maximum absolute atomic E-state index is 11.8. The van der Waals surface area contributed by atoms with Gasteiger partial charge in [-0.2, -0.15) is 0 Å². The zero-order valence-corrected chi connectivity index (χ0v) is 14.1. The lowest BCUT2D eigenvalue weighted by Crippen LogP contribution is -2.02. The van der Waals surface area contributed by atoms with Gasteiger partial charge in [-0.1, -0.05) is 12.1 Å². The average Bonchev–Trinajstić information content (AvgIpc) is 2.54. The molecule has 0 saturated heterocycles. The second-order valence-electron chi connectivity index (χ2n) is 5.28. The van der Waals surface area contributed by atoms with Crippen molar-refractivity contribution in [2.24, 2.45) is 0 Å². The Bertz CT molecular complexity index is 715. The summed E-state index contributed by atoms with van der Waals surface area (Å²) in [6.45, 7) is -0.226. The summed E-state index contributed by atoms with van der Waals surface area (Å²) in [6.07, 6.45) is 0.487. The van der Waals surface area contributed by atoms with Crippen LogP contribution in [0.1, 0.15) is 11.1 Å². The van der Waals surface area contributed by atoms with E-state index in [1.54, 1.807) is 12.1 Å². The number of phosphoric ester groups is 1. The number of phenols is 4. The first-order chi connectivity index (χ1) is 11.8. The molecule has 0 atom stereocenters. The molecule has 0 aromatic heterocycles. The van der Waals surface area contributed by atoms with Gasteiger partial charge in [0.2, 0.25) is 0 Å². The SMILES string of the molecule is O=P(O)(OCCc1ccc(O)c(O)c1)OCCc1ccc(O)c(O)c1. The van der Waals surface area contributed by atoms with Gasteiger partial charge in [0.1, 0.15) is 0 Å². The van der Waals surface area contributed by atoms with Gasteiger partial charge in [0.05, 0.1) is 13.2 Å². The van der Waals surface area contributed by atoms with E-state index < -0.39 is 7.82 Å². The van der Waals surface area contributed by atoms with Crippen molar-refractivity contribution in [1.29, 1.82) is 0 Å². The fourth-order valence-corrected chi connectivity index (χ4v) is 2.76. The third kappa shape index (κ3) is 5.95. The van der Waals surface area contributed by atoms with Crippen molar-refractivity contribution in [3.8, 4) is 23.0 Å². The Morgan fingerprint density at radius 1 is 0.720 bits per heavy atom. The Hall–Kier alpha value is -2.25. The second-order valence-corrected chi connectivity index (χ2v) is 6.73. The van der Waals surface area contributed by atoms with E-state index in [1.165, 1.54) is 24.3 Å². The minimum atomic E-state index is -4.23. The van der Waals surface area contributed by atoms with Crippen LogP contribution in [0.5, 0.6) is 23.0 Å². The van der Waals surface area contributed by atoms with Gasteiger partial charge in [0.15, 0.2) is 23.0 Å². The summed E-state index contributed by atoms with van der Waals surface area (Å²) >= 11 is 0. The topological polar surface area (TPSA) is 137 Å². The number of rotatable bonds is 8. The van der Waals surface area contributed by atoms with Gasteiger partial charge >= 0.3 is 7.82 Å². The minimum absolute atomic E-state index is 0.113. The van der Waals surface area contributed by atoms with Gasteiger partial charge in [-0.3, -0.25) is 9.05 Å². The fraction of sp³-hybridized carbons (Fsp3) is 0.250. The third-order valence-electron chi connectivity index (χ3n) is 3.37. The molecule has 0 aliphatic heterocycles. The molecule has 0 unspecified atom stereocenters. The highest BCUT2D eigenvalue weighted by atomic mass is 31.2.